The number of nitrogens with zero attached hydrogens (tertiary/aromatic N) is 1. The average Bonchev–Trinajstić information content (AvgIpc) is 2.26. The molecule has 2 atom stereocenters. The molecule has 0 saturated carbocycles. The van der Waals surface area contributed by atoms with Crippen molar-refractivity contribution in [2.75, 3.05) is 13.3 Å². The molecule has 0 amide bonds. The van der Waals surface area contributed by atoms with Crippen molar-refractivity contribution >= 4 is 21.6 Å². The van der Waals surface area contributed by atoms with Crippen molar-refractivity contribution in [1.82, 2.24) is 4.31 Å². The number of halogens is 1. The highest BCUT2D eigenvalue weighted by atomic mass is 35.5. The Kier molecular flexibility index (Phi) is 4.58. The lowest BCUT2D eigenvalue weighted by atomic mass is 9.95. The maximum absolute atomic E-state index is 11.5. The molecule has 0 aliphatic rings. The van der Waals surface area contributed by atoms with Crippen LogP contribution in [0.1, 0.15) is 25.3 Å². The van der Waals surface area contributed by atoms with Crippen LogP contribution in [0.25, 0.3) is 0 Å². The van der Waals surface area contributed by atoms with Gasteiger partial charge in [-0.15, -0.1) is 0 Å². The SMILES string of the molecule is CC(c1ccc(Cl)cc1)C(C)N(C)S(C)(=O)=O. The van der Waals surface area contributed by atoms with Crippen molar-refractivity contribution in [2.24, 2.45) is 0 Å². The molecule has 1 aromatic rings. The molecule has 17 heavy (non-hydrogen) atoms. The van der Waals surface area contributed by atoms with Crippen LogP contribution in [0.3, 0.4) is 0 Å². The van der Waals surface area contributed by atoms with Crippen molar-refractivity contribution in [3.8, 4) is 0 Å². The summed E-state index contributed by atoms with van der Waals surface area (Å²) in [5.74, 6) is 0.118. The molecule has 96 valence electrons. The fraction of sp³-hybridized carbons (Fsp3) is 0.500. The lowest BCUT2D eigenvalue weighted by Gasteiger charge is -2.28. The standard InChI is InChI=1S/C12H18ClNO2S/c1-9(10(2)14(3)17(4,15)16)11-5-7-12(13)8-6-11/h5-10H,1-4H3. The summed E-state index contributed by atoms with van der Waals surface area (Å²) in [5.41, 5.74) is 1.08. The molecule has 3 nitrogen and oxygen atoms in total. The lowest BCUT2D eigenvalue weighted by Crippen LogP contribution is -2.37. The van der Waals surface area contributed by atoms with Gasteiger partial charge in [-0.1, -0.05) is 30.7 Å². The minimum Gasteiger partial charge on any atom is -0.213 e. The number of hydrogen-bond donors (Lipinski definition) is 0. The Bertz CT molecular complexity index is 470. The zero-order valence-corrected chi connectivity index (χ0v) is 12.1. The quantitative estimate of drug-likeness (QED) is 0.847. The Hall–Kier alpha value is -0.580. The van der Waals surface area contributed by atoms with Gasteiger partial charge in [0.25, 0.3) is 0 Å². The van der Waals surface area contributed by atoms with Crippen LogP contribution in [-0.4, -0.2) is 32.1 Å². The molecule has 0 bridgehead atoms. The molecule has 0 fully saturated rings. The van der Waals surface area contributed by atoms with Crippen LogP contribution in [0.15, 0.2) is 24.3 Å². The average molecular weight is 276 g/mol. The van der Waals surface area contributed by atoms with Crippen molar-refractivity contribution < 1.29 is 8.42 Å². The number of benzene rings is 1. The summed E-state index contributed by atoms with van der Waals surface area (Å²) < 4.78 is 24.3. The van der Waals surface area contributed by atoms with Crippen molar-refractivity contribution in [2.45, 2.75) is 25.8 Å². The Labute approximate surface area is 108 Å². The Morgan fingerprint density at radius 2 is 1.65 bits per heavy atom. The normalized spacial score (nSPS) is 15.9. The molecule has 0 spiro atoms. The Balaban J connectivity index is 2.90. The third-order valence-corrected chi connectivity index (χ3v) is 4.85. The van der Waals surface area contributed by atoms with E-state index in [2.05, 4.69) is 0 Å². The van der Waals surface area contributed by atoms with Gasteiger partial charge in [-0.05, 0) is 30.5 Å². The molecule has 0 radical (unpaired) electrons. The Morgan fingerprint density at radius 1 is 1.18 bits per heavy atom. The van der Waals surface area contributed by atoms with Gasteiger partial charge >= 0.3 is 0 Å². The first-order chi connectivity index (χ1) is 7.73. The van der Waals surface area contributed by atoms with Crippen LogP contribution >= 0.6 is 11.6 Å². The third-order valence-electron chi connectivity index (χ3n) is 3.22. The van der Waals surface area contributed by atoms with Crippen LogP contribution in [0, 0.1) is 0 Å². The molecule has 0 saturated heterocycles. The summed E-state index contributed by atoms with van der Waals surface area (Å²) in [6.07, 6.45) is 1.22. The van der Waals surface area contributed by atoms with E-state index in [1.807, 2.05) is 38.1 Å². The van der Waals surface area contributed by atoms with Gasteiger partial charge in [-0.25, -0.2) is 12.7 Å². The van der Waals surface area contributed by atoms with Gasteiger partial charge in [0.15, 0.2) is 0 Å². The highest BCUT2D eigenvalue weighted by molar-refractivity contribution is 7.88. The maximum atomic E-state index is 11.5. The first-order valence-electron chi connectivity index (χ1n) is 5.42. The van der Waals surface area contributed by atoms with Crippen LogP contribution in [0.5, 0.6) is 0 Å². The molecule has 0 heterocycles. The second kappa shape index (κ2) is 5.38. The first-order valence-corrected chi connectivity index (χ1v) is 7.64. The van der Waals surface area contributed by atoms with Crippen LogP contribution in [-0.2, 0) is 10.0 Å². The number of rotatable bonds is 4. The summed E-state index contributed by atoms with van der Waals surface area (Å²) in [6, 6.07) is 7.41. The summed E-state index contributed by atoms with van der Waals surface area (Å²) in [5, 5.41) is 0.685. The molecule has 0 aliphatic heterocycles. The van der Waals surface area contributed by atoms with Crippen LogP contribution < -0.4 is 0 Å². The fourth-order valence-electron chi connectivity index (χ4n) is 1.66. The van der Waals surface area contributed by atoms with Crippen molar-refractivity contribution in [1.29, 1.82) is 0 Å². The zero-order chi connectivity index (χ0) is 13.2. The number of likely N-dealkylation sites (N-methyl/N-ethyl adjacent to an activating group) is 1. The molecule has 1 rings (SSSR count). The molecule has 0 N–H and O–H groups in total. The van der Waals surface area contributed by atoms with Crippen LogP contribution in [0.2, 0.25) is 5.02 Å². The predicted octanol–water partition coefficient (Wildman–Crippen LogP) is 2.72. The van der Waals surface area contributed by atoms with Gasteiger partial charge in [0.2, 0.25) is 10.0 Å². The maximum Gasteiger partial charge on any atom is 0.211 e. The highest BCUT2D eigenvalue weighted by Gasteiger charge is 2.24. The minimum absolute atomic E-state index is 0.0915. The van der Waals surface area contributed by atoms with Gasteiger partial charge in [-0.3, -0.25) is 0 Å². The Morgan fingerprint density at radius 3 is 2.06 bits per heavy atom. The van der Waals surface area contributed by atoms with E-state index < -0.39 is 10.0 Å². The molecule has 1 aromatic carbocycles. The molecule has 5 heteroatoms. The van der Waals surface area contributed by atoms with Crippen molar-refractivity contribution in [3.05, 3.63) is 34.9 Å². The first kappa shape index (κ1) is 14.5. The van der Waals surface area contributed by atoms with E-state index >= 15 is 0 Å². The molecule has 0 aliphatic carbocycles. The molecular weight excluding hydrogens is 258 g/mol. The van der Waals surface area contributed by atoms with Gasteiger partial charge in [0.1, 0.15) is 0 Å². The molecular formula is C12H18ClNO2S. The predicted molar refractivity (Wildman–Crippen MR) is 71.9 cm³/mol. The molecule has 0 aromatic heterocycles. The molecule has 2 unspecified atom stereocenters. The summed E-state index contributed by atoms with van der Waals surface area (Å²) >= 11 is 5.82. The summed E-state index contributed by atoms with van der Waals surface area (Å²) in [6.45, 7) is 3.91. The smallest absolute Gasteiger partial charge is 0.211 e. The van der Waals surface area contributed by atoms with E-state index in [4.69, 9.17) is 11.6 Å². The minimum atomic E-state index is -3.16. The van der Waals surface area contributed by atoms with Gasteiger partial charge < -0.3 is 0 Å². The highest BCUT2D eigenvalue weighted by Crippen LogP contribution is 2.24. The monoisotopic (exact) mass is 275 g/mol. The van der Waals surface area contributed by atoms with E-state index in [0.717, 1.165) is 5.56 Å². The fourth-order valence-corrected chi connectivity index (χ4v) is 2.57. The van der Waals surface area contributed by atoms with Crippen LogP contribution in [0.4, 0.5) is 0 Å². The van der Waals surface area contributed by atoms with Crippen molar-refractivity contribution in [3.63, 3.8) is 0 Å². The van der Waals surface area contributed by atoms with E-state index in [9.17, 15) is 8.42 Å². The number of hydrogen-bond acceptors (Lipinski definition) is 2. The largest absolute Gasteiger partial charge is 0.213 e. The van der Waals surface area contributed by atoms with E-state index in [1.165, 1.54) is 10.6 Å². The number of sulfonamides is 1. The zero-order valence-electron chi connectivity index (χ0n) is 10.5. The van der Waals surface area contributed by atoms with Gasteiger partial charge in [0, 0.05) is 18.1 Å². The lowest BCUT2D eigenvalue weighted by molar-refractivity contribution is 0.353. The topological polar surface area (TPSA) is 37.4 Å². The summed E-state index contributed by atoms with van der Waals surface area (Å²) in [4.78, 5) is 0. The van der Waals surface area contributed by atoms with E-state index in [-0.39, 0.29) is 12.0 Å². The van der Waals surface area contributed by atoms with E-state index in [0.29, 0.717) is 5.02 Å². The van der Waals surface area contributed by atoms with E-state index in [1.54, 1.807) is 7.05 Å². The third kappa shape index (κ3) is 3.69. The second-order valence-corrected chi connectivity index (χ2v) is 6.84. The summed E-state index contributed by atoms with van der Waals surface area (Å²) in [7, 11) is -1.55. The second-order valence-electron chi connectivity index (χ2n) is 4.36. The van der Waals surface area contributed by atoms with Gasteiger partial charge in [0.05, 0.1) is 6.26 Å². The van der Waals surface area contributed by atoms with Gasteiger partial charge in [-0.2, -0.15) is 0 Å².